The number of nitrogens with one attached hydrogen (secondary N) is 1. The number of thioether (sulfide) groups is 1. The molecular formula is C8H10BrNS2. The first-order valence-corrected chi connectivity index (χ1v) is 6.72. The van der Waals surface area contributed by atoms with Crippen LogP contribution in [0.2, 0.25) is 0 Å². The molecule has 0 aliphatic carbocycles. The van der Waals surface area contributed by atoms with Gasteiger partial charge in [0, 0.05) is 33.4 Å². The van der Waals surface area contributed by atoms with Gasteiger partial charge in [-0.15, -0.1) is 11.3 Å². The third kappa shape index (κ3) is 2.05. The van der Waals surface area contributed by atoms with E-state index in [1.807, 2.05) is 23.1 Å². The monoisotopic (exact) mass is 263 g/mol. The number of hydrogen-bond acceptors (Lipinski definition) is 3. The van der Waals surface area contributed by atoms with Crippen LogP contribution in [0.3, 0.4) is 0 Å². The van der Waals surface area contributed by atoms with Crippen LogP contribution in [-0.4, -0.2) is 17.5 Å². The predicted molar refractivity (Wildman–Crippen MR) is 60.0 cm³/mol. The van der Waals surface area contributed by atoms with Crippen LogP contribution in [0.5, 0.6) is 0 Å². The van der Waals surface area contributed by atoms with Gasteiger partial charge in [-0.1, -0.05) is 0 Å². The minimum absolute atomic E-state index is 0.754. The molecular weight excluding hydrogens is 254 g/mol. The lowest BCUT2D eigenvalue weighted by atomic mass is 10.3. The van der Waals surface area contributed by atoms with Crippen LogP contribution in [0.25, 0.3) is 0 Å². The van der Waals surface area contributed by atoms with Gasteiger partial charge in [0.05, 0.1) is 0 Å². The minimum atomic E-state index is 0.754. The Balaban J connectivity index is 1.82. The van der Waals surface area contributed by atoms with Gasteiger partial charge in [0.2, 0.25) is 0 Å². The molecule has 1 N–H and O–H groups in total. The highest BCUT2D eigenvalue weighted by molar-refractivity contribution is 9.10. The van der Waals surface area contributed by atoms with Crippen LogP contribution in [0.4, 0.5) is 0 Å². The smallest absolute Gasteiger partial charge is 0.0327 e. The second-order valence-electron chi connectivity index (χ2n) is 2.81. The fourth-order valence-corrected chi connectivity index (χ4v) is 3.19. The summed E-state index contributed by atoms with van der Waals surface area (Å²) in [6.45, 7) is 1.02. The fourth-order valence-electron chi connectivity index (χ4n) is 1.04. The lowest BCUT2D eigenvalue weighted by molar-refractivity contribution is 0.586. The summed E-state index contributed by atoms with van der Waals surface area (Å²) in [6, 6.07) is 2.86. The summed E-state index contributed by atoms with van der Waals surface area (Å²) in [7, 11) is 0. The molecule has 4 heteroatoms. The van der Waals surface area contributed by atoms with Crippen molar-refractivity contribution in [3.05, 3.63) is 20.8 Å². The minimum Gasteiger partial charge on any atom is -0.307 e. The molecule has 1 saturated heterocycles. The van der Waals surface area contributed by atoms with Crippen LogP contribution in [0.15, 0.2) is 15.9 Å². The molecule has 1 fully saturated rings. The number of halogens is 1. The Kier molecular flexibility index (Phi) is 3.12. The lowest BCUT2D eigenvalue weighted by Gasteiger charge is -2.25. The van der Waals surface area contributed by atoms with Crippen molar-refractivity contribution < 1.29 is 0 Å². The second kappa shape index (κ2) is 4.13. The van der Waals surface area contributed by atoms with Gasteiger partial charge in [-0.05, 0) is 27.4 Å². The first kappa shape index (κ1) is 9.06. The molecule has 66 valence electrons. The Morgan fingerprint density at radius 2 is 2.42 bits per heavy atom. The van der Waals surface area contributed by atoms with Gasteiger partial charge < -0.3 is 5.32 Å². The van der Waals surface area contributed by atoms with E-state index in [9.17, 15) is 0 Å². The SMILES string of the molecule is Brc1ccsc1CNC1CSC1. The molecule has 0 unspecified atom stereocenters. The third-order valence-corrected chi connectivity index (χ3v) is 5.08. The normalized spacial score (nSPS) is 17.8. The van der Waals surface area contributed by atoms with Crippen molar-refractivity contribution in [1.29, 1.82) is 0 Å². The number of hydrogen-bond donors (Lipinski definition) is 1. The van der Waals surface area contributed by atoms with Crippen molar-refractivity contribution in [3.63, 3.8) is 0 Å². The van der Waals surface area contributed by atoms with Crippen molar-refractivity contribution in [2.24, 2.45) is 0 Å². The van der Waals surface area contributed by atoms with Crippen LogP contribution in [0, 0.1) is 0 Å². The molecule has 2 heterocycles. The Hall–Kier alpha value is 0.490. The van der Waals surface area contributed by atoms with E-state index >= 15 is 0 Å². The van der Waals surface area contributed by atoms with Gasteiger partial charge in [-0.3, -0.25) is 0 Å². The van der Waals surface area contributed by atoms with Crippen LogP contribution < -0.4 is 5.32 Å². The summed E-state index contributed by atoms with van der Waals surface area (Å²) in [4.78, 5) is 1.41. The van der Waals surface area contributed by atoms with E-state index < -0.39 is 0 Å². The Labute approximate surface area is 89.1 Å². The molecule has 0 bridgehead atoms. The van der Waals surface area contributed by atoms with Gasteiger partial charge in [-0.2, -0.15) is 11.8 Å². The Bertz CT molecular complexity index is 257. The van der Waals surface area contributed by atoms with E-state index in [1.165, 1.54) is 20.9 Å². The topological polar surface area (TPSA) is 12.0 Å². The molecule has 0 aromatic carbocycles. The van der Waals surface area contributed by atoms with Crippen molar-refractivity contribution >= 4 is 39.0 Å². The average molecular weight is 264 g/mol. The number of rotatable bonds is 3. The molecule has 0 amide bonds. The molecule has 12 heavy (non-hydrogen) atoms. The molecule has 1 nitrogen and oxygen atoms in total. The highest BCUT2D eigenvalue weighted by atomic mass is 79.9. The van der Waals surface area contributed by atoms with E-state index in [4.69, 9.17) is 0 Å². The Morgan fingerprint density at radius 3 is 2.92 bits per heavy atom. The summed E-state index contributed by atoms with van der Waals surface area (Å²) in [5.41, 5.74) is 0. The molecule has 1 aliphatic rings. The average Bonchev–Trinajstić information content (AvgIpc) is 2.33. The molecule has 1 aliphatic heterocycles. The van der Waals surface area contributed by atoms with Gasteiger partial charge in [-0.25, -0.2) is 0 Å². The van der Waals surface area contributed by atoms with Gasteiger partial charge in [0.15, 0.2) is 0 Å². The summed E-state index contributed by atoms with van der Waals surface area (Å²) >= 11 is 7.35. The van der Waals surface area contributed by atoms with Crippen molar-refractivity contribution in [2.75, 3.05) is 11.5 Å². The van der Waals surface area contributed by atoms with Gasteiger partial charge in [0.1, 0.15) is 0 Å². The molecule has 1 aromatic rings. The maximum atomic E-state index is 3.52. The first-order valence-electron chi connectivity index (χ1n) is 3.89. The van der Waals surface area contributed by atoms with E-state index in [2.05, 4.69) is 32.7 Å². The highest BCUT2D eigenvalue weighted by Crippen LogP contribution is 2.23. The van der Waals surface area contributed by atoms with E-state index in [-0.39, 0.29) is 0 Å². The summed E-state index contributed by atoms with van der Waals surface area (Å²) in [5, 5.41) is 5.64. The standard InChI is InChI=1S/C8H10BrNS2/c9-7-1-2-12-8(7)3-10-6-4-11-5-6/h1-2,6,10H,3-5H2. The molecule has 0 spiro atoms. The molecule has 0 radical (unpaired) electrons. The Morgan fingerprint density at radius 1 is 1.58 bits per heavy atom. The summed E-state index contributed by atoms with van der Waals surface area (Å²) < 4.78 is 1.24. The molecule has 0 atom stereocenters. The second-order valence-corrected chi connectivity index (χ2v) is 5.74. The molecule has 1 aromatic heterocycles. The predicted octanol–water partition coefficient (Wildman–Crippen LogP) is 2.72. The summed E-state index contributed by atoms with van der Waals surface area (Å²) in [6.07, 6.45) is 0. The maximum absolute atomic E-state index is 3.52. The zero-order valence-corrected chi connectivity index (χ0v) is 9.77. The van der Waals surface area contributed by atoms with E-state index in [0.29, 0.717) is 0 Å². The zero-order valence-electron chi connectivity index (χ0n) is 6.55. The van der Waals surface area contributed by atoms with Crippen LogP contribution >= 0.6 is 39.0 Å². The number of thiophene rings is 1. The van der Waals surface area contributed by atoms with Crippen molar-refractivity contribution in [2.45, 2.75) is 12.6 Å². The summed E-state index contributed by atoms with van der Waals surface area (Å²) in [5.74, 6) is 2.56. The molecule has 2 rings (SSSR count). The van der Waals surface area contributed by atoms with Crippen molar-refractivity contribution in [3.8, 4) is 0 Å². The quantitative estimate of drug-likeness (QED) is 0.900. The zero-order chi connectivity index (χ0) is 8.39. The van der Waals surface area contributed by atoms with E-state index in [1.54, 1.807) is 0 Å². The van der Waals surface area contributed by atoms with E-state index in [0.717, 1.165) is 12.6 Å². The highest BCUT2D eigenvalue weighted by Gasteiger charge is 2.17. The van der Waals surface area contributed by atoms with Gasteiger partial charge in [0.25, 0.3) is 0 Å². The largest absolute Gasteiger partial charge is 0.307 e. The lowest BCUT2D eigenvalue weighted by Crippen LogP contribution is -2.39. The van der Waals surface area contributed by atoms with Gasteiger partial charge >= 0.3 is 0 Å². The first-order chi connectivity index (χ1) is 5.86. The van der Waals surface area contributed by atoms with Crippen molar-refractivity contribution in [1.82, 2.24) is 5.32 Å². The fraction of sp³-hybridized carbons (Fsp3) is 0.500. The third-order valence-electron chi connectivity index (χ3n) is 1.88. The molecule has 0 saturated carbocycles. The van der Waals surface area contributed by atoms with Crippen LogP contribution in [0.1, 0.15) is 4.88 Å². The van der Waals surface area contributed by atoms with Crippen LogP contribution in [-0.2, 0) is 6.54 Å². The maximum Gasteiger partial charge on any atom is 0.0327 e.